The second-order valence-electron chi connectivity index (χ2n) is 4.38. The van der Waals surface area contributed by atoms with Gasteiger partial charge in [-0.25, -0.2) is 4.79 Å². The van der Waals surface area contributed by atoms with Gasteiger partial charge >= 0.3 is 5.97 Å². The number of rotatable bonds is 4. The molecule has 0 aromatic carbocycles. The lowest BCUT2D eigenvalue weighted by Crippen LogP contribution is -2.57. The highest BCUT2D eigenvalue weighted by Crippen LogP contribution is 2.40. The highest BCUT2D eigenvalue weighted by Gasteiger charge is 2.61. The summed E-state index contributed by atoms with van der Waals surface area (Å²) in [4.78, 5) is 24.3. The van der Waals surface area contributed by atoms with Gasteiger partial charge < -0.3 is 25.0 Å². The molecule has 0 aromatic heterocycles. The molecule has 0 radical (unpaired) electrons. The average molecular weight is 245 g/mol. The van der Waals surface area contributed by atoms with Crippen molar-refractivity contribution in [3.8, 4) is 0 Å². The first kappa shape index (κ1) is 12.3. The summed E-state index contributed by atoms with van der Waals surface area (Å²) in [5.74, 6) is -1.47. The smallest absolute Gasteiger partial charge is 0.332 e. The molecule has 96 valence electrons. The molecule has 0 aliphatic carbocycles. The number of nitrogens with zero attached hydrogens (tertiary/aromatic N) is 1. The van der Waals surface area contributed by atoms with E-state index >= 15 is 0 Å². The lowest BCUT2D eigenvalue weighted by atomic mass is 9.92. The monoisotopic (exact) mass is 245 g/mol. The first-order chi connectivity index (χ1) is 8.02. The Morgan fingerprint density at radius 2 is 2.35 bits per heavy atom. The molecular formula is C10H15NO6. The molecule has 1 amide bonds. The maximum atomic E-state index is 11.7. The first-order valence-electron chi connectivity index (χ1n) is 5.46. The second-order valence-corrected chi connectivity index (χ2v) is 4.38. The van der Waals surface area contributed by atoms with Crippen molar-refractivity contribution in [1.82, 2.24) is 4.90 Å². The lowest BCUT2D eigenvalue weighted by Gasteiger charge is -2.34. The Balaban J connectivity index is 2.27. The predicted molar refractivity (Wildman–Crippen MR) is 54.1 cm³/mol. The molecule has 2 aliphatic rings. The van der Waals surface area contributed by atoms with Gasteiger partial charge in [-0.2, -0.15) is 0 Å². The third kappa shape index (κ3) is 1.70. The van der Waals surface area contributed by atoms with Crippen LogP contribution in [-0.4, -0.2) is 69.6 Å². The zero-order valence-electron chi connectivity index (χ0n) is 9.20. The number of hydrogen-bond donors (Lipinski definition) is 3. The van der Waals surface area contributed by atoms with Crippen LogP contribution in [0, 0.1) is 0 Å². The van der Waals surface area contributed by atoms with Crippen molar-refractivity contribution < 1.29 is 29.6 Å². The fourth-order valence-corrected chi connectivity index (χ4v) is 2.58. The van der Waals surface area contributed by atoms with Gasteiger partial charge in [0.15, 0.2) is 5.54 Å². The number of aliphatic carboxylic acids is 1. The second kappa shape index (κ2) is 4.25. The van der Waals surface area contributed by atoms with E-state index in [1.54, 1.807) is 0 Å². The number of carboxylic acids is 1. The summed E-state index contributed by atoms with van der Waals surface area (Å²) in [5.41, 5.74) is -1.37. The lowest BCUT2D eigenvalue weighted by molar-refractivity contribution is -0.157. The van der Waals surface area contributed by atoms with E-state index in [0.717, 1.165) is 4.90 Å². The van der Waals surface area contributed by atoms with Crippen LogP contribution in [0.15, 0.2) is 0 Å². The van der Waals surface area contributed by atoms with Crippen molar-refractivity contribution in [1.29, 1.82) is 0 Å². The van der Waals surface area contributed by atoms with E-state index in [2.05, 4.69) is 0 Å². The molecule has 7 nitrogen and oxygen atoms in total. The molecule has 0 spiro atoms. The summed E-state index contributed by atoms with van der Waals surface area (Å²) < 4.78 is 5.27. The number of likely N-dealkylation sites (tertiary alicyclic amines) is 1. The Morgan fingerprint density at radius 1 is 1.65 bits per heavy atom. The van der Waals surface area contributed by atoms with E-state index in [9.17, 15) is 19.8 Å². The molecule has 2 rings (SSSR count). The van der Waals surface area contributed by atoms with Crippen molar-refractivity contribution in [2.45, 2.75) is 30.6 Å². The molecular weight excluding hydrogens is 230 g/mol. The number of ether oxygens (including phenoxy) is 1. The van der Waals surface area contributed by atoms with Crippen molar-refractivity contribution in [2.75, 3.05) is 19.8 Å². The molecule has 17 heavy (non-hydrogen) atoms. The Kier molecular flexibility index (Phi) is 3.07. The third-order valence-corrected chi connectivity index (χ3v) is 3.45. The van der Waals surface area contributed by atoms with Crippen molar-refractivity contribution in [3.63, 3.8) is 0 Å². The summed E-state index contributed by atoms with van der Waals surface area (Å²) in [7, 11) is 0. The van der Waals surface area contributed by atoms with Crippen molar-refractivity contribution >= 4 is 11.9 Å². The van der Waals surface area contributed by atoms with E-state index in [-0.39, 0.29) is 31.9 Å². The highest BCUT2D eigenvalue weighted by atomic mass is 16.5. The first-order valence-corrected chi connectivity index (χ1v) is 5.46. The summed E-state index contributed by atoms with van der Waals surface area (Å²) in [5, 5.41) is 27.5. The zero-order chi connectivity index (χ0) is 12.6. The third-order valence-electron chi connectivity index (χ3n) is 3.45. The molecule has 3 atom stereocenters. The zero-order valence-corrected chi connectivity index (χ0v) is 9.20. The topological polar surface area (TPSA) is 107 Å². The number of carboxylic acid groups (broad SMARTS) is 1. The van der Waals surface area contributed by atoms with Gasteiger partial charge in [-0.15, -0.1) is 0 Å². The normalized spacial score (nSPS) is 33.9. The Labute approximate surface area is 97.6 Å². The number of amides is 1. The molecule has 2 unspecified atom stereocenters. The van der Waals surface area contributed by atoms with Crippen LogP contribution in [0.1, 0.15) is 12.8 Å². The largest absolute Gasteiger partial charge is 0.479 e. The van der Waals surface area contributed by atoms with E-state index < -0.39 is 30.3 Å². The predicted octanol–water partition coefficient (Wildman–Crippen LogP) is -1.82. The van der Waals surface area contributed by atoms with E-state index in [1.807, 2.05) is 0 Å². The quantitative estimate of drug-likeness (QED) is 0.538. The molecule has 0 bridgehead atoms. The van der Waals surface area contributed by atoms with Gasteiger partial charge in [0.25, 0.3) is 0 Å². The van der Waals surface area contributed by atoms with Crippen LogP contribution in [0.5, 0.6) is 0 Å². The van der Waals surface area contributed by atoms with Gasteiger partial charge in [0.05, 0.1) is 32.3 Å². The maximum Gasteiger partial charge on any atom is 0.332 e. The van der Waals surface area contributed by atoms with E-state index in [0.29, 0.717) is 0 Å². The number of hydrogen-bond acceptors (Lipinski definition) is 5. The number of β-amino-alcohol motifs (C(OH)–C–C–N with tert-alkyl or cyclic N) is 1. The van der Waals surface area contributed by atoms with Crippen LogP contribution in [0.4, 0.5) is 0 Å². The van der Waals surface area contributed by atoms with Gasteiger partial charge in [-0.1, -0.05) is 0 Å². The molecule has 2 aliphatic heterocycles. The molecule has 2 fully saturated rings. The number of fused-ring (bicyclic) bond motifs is 1. The van der Waals surface area contributed by atoms with Gasteiger partial charge in [-0.05, 0) is 0 Å². The van der Waals surface area contributed by atoms with Crippen LogP contribution in [0.3, 0.4) is 0 Å². The number of aliphatic hydroxyl groups is 2. The van der Waals surface area contributed by atoms with Crippen molar-refractivity contribution in [3.05, 3.63) is 0 Å². The van der Waals surface area contributed by atoms with Crippen molar-refractivity contribution in [2.24, 2.45) is 0 Å². The van der Waals surface area contributed by atoms with E-state index in [1.165, 1.54) is 0 Å². The molecule has 3 N–H and O–H groups in total. The van der Waals surface area contributed by atoms with Crippen LogP contribution in [0.2, 0.25) is 0 Å². The van der Waals surface area contributed by atoms with E-state index in [4.69, 9.17) is 9.84 Å². The molecule has 7 heteroatoms. The maximum absolute atomic E-state index is 11.7. The fraction of sp³-hybridized carbons (Fsp3) is 0.800. The number of aliphatic hydroxyl groups excluding tert-OH is 2. The van der Waals surface area contributed by atoms with Crippen LogP contribution >= 0.6 is 0 Å². The molecule has 0 saturated carbocycles. The standard InChI is InChI=1S/C10H15NO6/c12-5-6(13)4-11-8(14)3-7-10(11,9(15)16)1-2-17-7/h6-7,12-13H,1-5H2,(H,15,16)/t6?,7?,10-/m0/s1. The van der Waals surface area contributed by atoms with Crippen LogP contribution in [-0.2, 0) is 14.3 Å². The summed E-state index contributed by atoms with van der Waals surface area (Å²) in [6.07, 6.45) is -1.55. The van der Waals surface area contributed by atoms with Gasteiger partial charge in [0.2, 0.25) is 5.91 Å². The van der Waals surface area contributed by atoms with Gasteiger partial charge in [-0.3, -0.25) is 4.79 Å². The van der Waals surface area contributed by atoms with Crippen LogP contribution in [0.25, 0.3) is 0 Å². The summed E-state index contributed by atoms with van der Waals surface area (Å²) in [6, 6.07) is 0. The Bertz CT molecular complexity index is 346. The minimum Gasteiger partial charge on any atom is -0.479 e. The average Bonchev–Trinajstić information content (AvgIpc) is 2.78. The number of carbonyl (C=O) groups excluding carboxylic acids is 1. The molecule has 2 heterocycles. The summed E-state index contributed by atoms with van der Waals surface area (Å²) >= 11 is 0. The molecule has 2 saturated heterocycles. The Hall–Kier alpha value is -1.18. The van der Waals surface area contributed by atoms with Gasteiger partial charge in [0.1, 0.15) is 6.10 Å². The minimum atomic E-state index is -1.37. The Morgan fingerprint density at radius 3 is 2.94 bits per heavy atom. The summed E-state index contributed by atoms with van der Waals surface area (Å²) in [6.45, 7) is -0.400. The number of carbonyl (C=O) groups is 2. The fourth-order valence-electron chi connectivity index (χ4n) is 2.58. The minimum absolute atomic E-state index is 0.0183. The SMILES string of the molecule is O=C1CC2OCC[C@]2(C(=O)O)N1CC(O)CO. The highest BCUT2D eigenvalue weighted by molar-refractivity contribution is 5.92. The molecule has 0 aromatic rings. The van der Waals surface area contributed by atoms with Crippen LogP contribution < -0.4 is 0 Å². The van der Waals surface area contributed by atoms with Gasteiger partial charge in [0, 0.05) is 6.42 Å².